The van der Waals surface area contributed by atoms with Crippen LogP contribution in [0.25, 0.3) is 0 Å². The molecule has 1 unspecified atom stereocenters. The summed E-state index contributed by atoms with van der Waals surface area (Å²) in [6.07, 6.45) is 8.85. The Balaban J connectivity index is 1.12. The van der Waals surface area contributed by atoms with E-state index in [9.17, 15) is 9.59 Å². The fourth-order valence-corrected chi connectivity index (χ4v) is 5.07. The lowest BCUT2D eigenvalue weighted by molar-refractivity contribution is 0.00819. The standard InChI is InChI=1S/C29H41N5O3/c1-29(2,3)37-28(36)33-20-24(21-33)34-19-23(25-13-7-8-14-26(25)34)12-6-4-5-9-16-31-27(35)32-18-22-11-10-15-30-17-22/h7-8,10-11,13-15,17,23-24H,4-6,9,12,16,18-21H2,1-3H3,(H2,31,32,35). The number of ether oxygens (including phenoxy) is 1. The van der Waals surface area contributed by atoms with Crippen LogP contribution in [-0.2, 0) is 11.3 Å². The fourth-order valence-electron chi connectivity index (χ4n) is 5.07. The third-order valence-electron chi connectivity index (χ3n) is 7.00. The van der Waals surface area contributed by atoms with E-state index in [4.69, 9.17) is 4.74 Å². The number of fused-ring (bicyclic) bond motifs is 1. The molecular weight excluding hydrogens is 466 g/mol. The van der Waals surface area contributed by atoms with Gasteiger partial charge in [-0.1, -0.05) is 43.5 Å². The maximum Gasteiger partial charge on any atom is 0.410 e. The maximum absolute atomic E-state index is 12.3. The number of anilines is 1. The van der Waals surface area contributed by atoms with Crippen molar-refractivity contribution in [3.63, 3.8) is 0 Å². The van der Waals surface area contributed by atoms with Gasteiger partial charge in [-0.3, -0.25) is 4.98 Å². The van der Waals surface area contributed by atoms with E-state index >= 15 is 0 Å². The summed E-state index contributed by atoms with van der Waals surface area (Å²) in [7, 11) is 0. The van der Waals surface area contributed by atoms with Crippen LogP contribution in [0, 0.1) is 0 Å². The van der Waals surface area contributed by atoms with Crippen LogP contribution >= 0.6 is 0 Å². The van der Waals surface area contributed by atoms with Gasteiger partial charge in [-0.15, -0.1) is 0 Å². The highest BCUT2D eigenvalue weighted by atomic mass is 16.6. The molecule has 1 aromatic carbocycles. The maximum atomic E-state index is 12.3. The van der Waals surface area contributed by atoms with Gasteiger partial charge in [0, 0.05) is 56.7 Å². The van der Waals surface area contributed by atoms with Crippen molar-refractivity contribution >= 4 is 17.8 Å². The molecule has 0 spiro atoms. The van der Waals surface area contributed by atoms with Crippen molar-refractivity contribution in [2.75, 3.05) is 31.1 Å². The third kappa shape index (κ3) is 7.60. The van der Waals surface area contributed by atoms with E-state index in [0.29, 0.717) is 25.0 Å². The molecule has 2 aliphatic heterocycles. The fraction of sp³-hybridized carbons (Fsp3) is 0.552. The summed E-state index contributed by atoms with van der Waals surface area (Å²) in [5.74, 6) is 0.531. The number of rotatable bonds is 10. The van der Waals surface area contributed by atoms with Gasteiger partial charge in [0.05, 0.1) is 6.04 Å². The Morgan fingerprint density at radius 3 is 2.54 bits per heavy atom. The van der Waals surface area contributed by atoms with Crippen molar-refractivity contribution in [3.8, 4) is 0 Å². The zero-order valence-electron chi connectivity index (χ0n) is 22.4. The molecule has 0 saturated carbocycles. The van der Waals surface area contributed by atoms with Crippen LogP contribution < -0.4 is 15.5 Å². The van der Waals surface area contributed by atoms with Crippen LogP contribution in [0.3, 0.4) is 0 Å². The molecule has 1 saturated heterocycles. The minimum absolute atomic E-state index is 0.132. The van der Waals surface area contributed by atoms with Crippen LogP contribution in [0.15, 0.2) is 48.8 Å². The molecule has 8 heteroatoms. The smallest absolute Gasteiger partial charge is 0.410 e. The summed E-state index contributed by atoms with van der Waals surface area (Å²) in [5, 5.41) is 5.80. The summed E-state index contributed by atoms with van der Waals surface area (Å²) in [6, 6.07) is 12.8. The molecule has 3 heterocycles. The second-order valence-corrected chi connectivity index (χ2v) is 11.1. The highest BCUT2D eigenvalue weighted by Crippen LogP contribution is 2.41. The van der Waals surface area contributed by atoms with Gasteiger partial charge in [-0.2, -0.15) is 0 Å². The summed E-state index contributed by atoms with van der Waals surface area (Å²) in [6.45, 7) is 9.35. The molecule has 200 valence electrons. The molecule has 1 aromatic heterocycles. The molecule has 37 heavy (non-hydrogen) atoms. The quantitative estimate of drug-likeness (QED) is 0.439. The van der Waals surface area contributed by atoms with Crippen molar-refractivity contribution in [1.29, 1.82) is 0 Å². The molecule has 2 aromatic rings. The first kappa shape index (κ1) is 26.8. The van der Waals surface area contributed by atoms with Gasteiger partial charge < -0.3 is 25.2 Å². The van der Waals surface area contributed by atoms with E-state index in [2.05, 4.69) is 44.8 Å². The van der Waals surface area contributed by atoms with E-state index in [0.717, 1.165) is 50.9 Å². The Bertz CT molecular complexity index is 1030. The average Bonchev–Trinajstić information content (AvgIpc) is 3.19. The minimum atomic E-state index is -0.462. The molecule has 0 radical (unpaired) electrons. The van der Waals surface area contributed by atoms with E-state index in [1.807, 2.05) is 32.9 Å². The predicted octanol–water partition coefficient (Wildman–Crippen LogP) is 5.05. The number of carbonyl (C=O) groups excluding carboxylic acids is 2. The lowest BCUT2D eigenvalue weighted by atomic mass is 9.95. The molecule has 8 nitrogen and oxygen atoms in total. The summed E-state index contributed by atoms with van der Waals surface area (Å²) in [5.41, 5.74) is 3.28. The first-order chi connectivity index (χ1) is 17.8. The first-order valence-corrected chi connectivity index (χ1v) is 13.5. The topological polar surface area (TPSA) is 86.8 Å². The number of amides is 3. The molecule has 4 rings (SSSR count). The molecule has 1 fully saturated rings. The number of likely N-dealkylation sites (tertiary alicyclic amines) is 1. The van der Waals surface area contributed by atoms with Gasteiger partial charge in [0.25, 0.3) is 0 Å². The number of benzene rings is 1. The van der Waals surface area contributed by atoms with Gasteiger partial charge in [-0.05, 0) is 56.9 Å². The van der Waals surface area contributed by atoms with E-state index < -0.39 is 5.60 Å². The first-order valence-electron chi connectivity index (χ1n) is 13.5. The van der Waals surface area contributed by atoms with Crippen LogP contribution in [0.1, 0.15) is 69.9 Å². The normalized spacial score (nSPS) is 17.2. The predicted molar refractivity (Wildman–Crippen MR) is 146 cm³/mol. The molecule has 2 N–H and O–H groups in total. The molecule has 0 bridgehead atoms. The molecule has 3 amide bonds. The number of unbranched alkanes of at least 4 members (excludes halogenated alkanes) is 3. The number of hydrogen-bond acceptors (Lipinski definition) is 5. The van der Waals surface area contributed by atoms with Crippen LogP contribution in [0.2, 0.25) is 0 Å². The zero-order valence-corrected chi connectivity index (χ0v) is 22.4. The SMILES string of the molecule is CC(C)(C)OC(=O)N1CC(N2CC(CCCCCCNC(=O)NCc3cccnc3)c3ccccc32)C1. The zero-order chi connectivity index (χ0) is 26.3. The van der Waals surface area contributed by atoms with E-state index in [1.54, 1.807) is 17.3 Å². The van der Waals surface area contributed by atoms with E-state index in [-0.39, 0.29) is 12.1 Å². The summed E-state index contributed by atoms with van der Waals surface area (Å²) >= 11 is 0. The van der Waals surface area contributed by atoms with Gasteiger partial charge in [-0.25, -0.2) is 9.59 Å². The summed E-state index contributed by atoms with van der Waals surface area (Å²) < 4.78 is 5.52. The van der Waals surface area contributed by atoms with E-state index in [1.165, 1.54) is 17.7 Å². The van der Waals surface area contributed by atoms with Gasteiger partial charge in [0.2, 0.25) is 0 Å². The largest absolute Gasteiger partial charge is 0.444 e. The van der Waals surface area contributed by atoms with Gasteiger partial charge in [0.1, 0.15) is 5.60 Å². The van der Waals surface area contributed by atoms with Crippen molar-refractivity contribution in [2.45, 2.75) is 77.0 Å². The number of pyridine rings is 1. The lowest BCUT2D eigenvalue weighted by Gasteiger charge is -2.45. The number of nitrogens with one attached hydrogen (secondary N) is 2. The van der Waals surface area contributed by atoms with Gasteiger partial charge in [0.15, 0.2) is 0 Å². The Morgan fingerprint density at radius 2 is 1.78 bits per heavy atom. The van der Waals surface area contributed by atoms with Crippen molar-refractivity contribution in [2.24, 2.45) is 0 Å². The number of nitrogens with zero attached hydrogens (tertiary/aromatic N) is 3. The van der Waals surface area contributed by atoms with Crippen molar-refractivity contribution in [1.82, 2.24) is 20.5 Å². The second kappa shape index (κ2) is 12.3. The lowest BCUT2D eigenvalue weighted by Crippen LogP contribution is -2.61. The van der Waals surface area contributed by atoms with Crippen LogP contribution in [0.5, 0.6) is 0 Å². The Labute approximate surface area is 220 Å². The Kier molecular flexibility index (Phi) is 8.90. The van der Waals surface area contributed by atoms with Gasteiger partial charge >= 0.3 is 12.1 Å². The number of para-hydroxylation sites is 1. The molecule has 2 aliphatic rings. The monoisotopic (exact) mass is 507 g/mol. The molecule has 0 aliphatic carbocycles. The number of urea groups is 1. The Morgan fingerprint density at radius 1 is 1.00 bits per heavy atom. The highest BCUT2D eigenvalue weighted by Gasteiger charge is 2.41. The number of aromatic nitrogens is 1. The van der Waals surface area contributed by atoms with Crippen LogP contribution in [0.4, 0.5) is 15.3 Å². The molecular formula is C29H41N5O3. The highest BCUT2D eigenvalue weighted by molar-refractivity contribution is 5.73. The van der Waals surface area contributed by atoms with Crippen LogP contribution in [-0.4, -0.2) is 59.8 Å². The number of hydrogen-bond donors (Lipinski definition) is 2. The van der Waals surface area contributed by atoms with Crippen molar-refractivity contribution < 1.29 is 14.3 Å². The average molecular weight is 508 g/mol. The number of carbonyl (C=O) groups is 2. The Hall–Kier alpha value is -3.29. The van der Waals surface area contributed by atoms with Crippen molar-refractivity contribution in [3.05, 3.63) is 59.9 Å². The molecule has 1 atom stereocenters. The summed E-state index contributed by atoms with van der Waals surface area (Å²) in [4.78, 5) is 32.7. The third-order valence-corrected chi connectivity index (χ3v) is 7.00. The minimum Gasteiger partial charge on any atom is -0.444 e. The second-order valence-electron chi connectivity index (χ2n) is 11.1.